The molecule has 4 heteroatoms. The molecule has 0 saturated heterocycles. The second-order valence-electron chi connectivity index (χ2n) is 5.25. The molecule has 1 atom stereocenters. The van der Waals surface area contributed by atoms with Crippen molar-refractivity contribution in [3.8, 4) is 0 Å². The molecule has 3 nitrogen and oxygen atoms in total. The molecule has 1 unspecified atom stereocenters. The Kier molecular flexibility index (Phi) is 5.38. The van der Waals surface area contributed by atoms with Crippen molar-refractivity contribution in [2.75, 3.05) is 6.54 Å². The van der Waals surface area contributed by atoms with Crippen molar-refractivity contribution >= 4 is 11.3 Å². The van der Waals surface area contributed by atoms with Crippen molar-refractivity contribution in [1.82, 2.24) is 15.1 Å². The Balaban J connectivity index is 2.18. The van der Waals surface area contributed by atoms with Crippen LogP contribution in [0.2, 0.25) is 0 Å². The number of hydrogen-bond donors (Lipinski definition) is 1. The van der Waals surface area contributed by atoms with Crippen molar-refractivity contribution < 1.29 is 0 Å². The number of aryl methyl sites for hydroxylation is 3. The Bertz CT molecular complexity index is 542. The lowest BCUT2D eigenvalue weighted by Crippen LogP contribution is -2.24. The molecule has 0 aliphatic rings. The number of hydrogen-bond acceptors (Lipinski definition) is 3. The lowest BCUT2D eigenvalue weighted by atomic mass is 10.1. The first-order valence-electron chi connectivity index (χ1n) is 7.47. The van der Waals surface area contributed by atoms with Crippen LogP contribution in [0.15, 0.2) is 18.2 Å². The van der Waals surface area contributed by atoms with Gasteiger partial charge in [0.2, 0.25) is 0 Å². The van der Waals surface area contributed by atoms with Crippen LogP contribution in [0, 0.1) is 13.8 Å². The normalized spacial score (nSPS) is 12.8. The van der Waals surface area contributed by atoms with Crippen LogP contribution in [0.25, 0.3) is 0 Å². The summed E-state index contributed by atoms with van der Waals surface area (Å²) in [6.07, 6.45) is 2.17. The molecule has 0 fully saturated rings. The molecule has 1 N–H and O–H groups in total. The van der Waals surface area contributed by atoms with Crippen LogP contribution in [0.5, 0.6) is 0 Å². The van der Waals surface area contributed by atoms with E-state index in [2.05, 4.69) is 61.0 Å². The molecular formula is C16H25N3S. The summed E-state index contributed by atoms with van der Waals surface area (Å²) in [7, 11) is 0. The van der Waals surface area contributed by atoms with Gasteiger partial charge in [-0.15, -0.1) is 11.3 Å². The van der Waals surface area contributed by atoms with E-state index in [1.807, 2.05) is 11.3 Å². The van der Waals surface area contributed by atoms with E-state index in [9.17, 15) is 0 Å². The first-order valence-corrected chi connectivity index (χ1v) is 8.28. The second kappa shape index (κ2) is 7.04. The lowest BCUT2D eigenvalue weighted by molar-refractivity contribution is 0.508. The highest BCUT2D eigenvalue weighted by atomic mass is 32.1. The van der Waals surface area contributed by atoms with Gasteiger partial charge in [-0.25, -0.2) is 0 Å². The number of nitrogens with one attached hydrogen (secondary N) is 1. The van der Waals surface area contributed by atoms with Crippen molar-refractivity contribution in [3.05, 3.63) is 39.3 Å². The monoisotopic (exact) mass is 291 g/mol. The Labute approximate surface area is 126 Å². The van der Waals surface area contributed by atoms with Crippen molar-refractivity contribution in [2.24, 2.45) is 0 Å². The summed E-state index contributed by atoms with van der Waals surface area (Å²) >= 11 is 1.89. The van der Waals surface area contributed by atoms with Gasteiger partial charge in [-0.1, -0.05) is 6.92 Å². The fourth-order valence-corrected chi connectivity index (χ4v) is 3.43. The fraction of sp³-hybridized carbons (Fsp3) is 0.562. The van der Waals surface area contributed by atoms with Gasteiger partial charge in [0, 0.05) is 34.5 Å². The summed E-state index contributed by atoms with van der Waals surface area (Å²) in [4.78, 5) is 2.81. The Morgan fingerprint density at radius 1 is 1.30 bits per heavy atom. The topological polar surface area (TPSA) is 29.9 Å². The highest BCUT2D eigenvalue weighted by Crippen LogP contribution is 2.26. The molecule has 0 spiro atoms. The molecule has 0 saturated carbocycles. The first-order chi connectivity index (χ1) is 9.63. The smallest absolute Gasteiger partial charge is 0.0596 e. The third kappa shape index (κ3) is 3.70. The highest BCUT2D eigenvalue weighted by molar-refractivity contribution is 7.12. The minimum absolute atomic E-state index is 0.398. The minimum atomic E-state index is 0.398. The van der Waals surface area contributed by atoms with Crippen LogP contribution in [0.4, 0.5) is 0 Å². The fourth-order valence-electron chi connectivity index (χ4n) is 2.48. The summed E-state index contributed by atoms with van der Waals surface area (Å²) in [5.74, 6) is 0. The zero-order valence-electron chi connectivity index (χ0n) is 12.9. The third-order valence-corrected chi connectivity index (χ3v) is 4.56. The summed E-state index contributed by atoms with van der Waals surface area (Å²) in [6, 6.07) is 7.08. The lowest BCUT2D eigenvalue weighted by Gasteiger charge is -2.17. The van der Waals surface area contributed by atoms with Crippen LogP contribution in [0.1, 0.15) is 47.5 Å². The molecule has 0 radical (unpaired) electrons. The van der Waals surface area contributed by atoms with Crippen LogP contribution in [-0.4, -0.2) is 16.3 Å². The summed E-state index contributed by atoms with van der Waals surface area (Å²) in [5, 5.41) is 8.23. The molecule has 2 heterocycles. The third-order valence-electron chi connectivity index (χ3n) is 3.44. The summed E-state index contributed by atoms with van der Waals surface area (Å²) in [6.45, 7) is 10.6. The van der Waals surface area contributed by atoms with Crippen LogP contribution in [-0.2, 0) is 13.0 Å². The predicted octanol–water partition coefficient (Wildman–Crippen LogP) is 3.86. The summed E-state index contributed by atoms with van der Waals surface area (Å²) in [5.41, 5.74) is 2.43. The van der Waals surface area contributed by atoms with Gasteiger partial charge < -0.3 is 5.32 Å². The highest BCUT2D eigenvalue weighted by Gasteiger charge is 2.16. The molecule has 0 aromatic carbocycles. The maximum Gasteiger partial charge on any atom is 0.0596 e. The van der Waals surface area contributed by atoms with Crippen molar-refractivity contribution in [3.63, 3.8) is 0 Å². The Morgan fingerprint density at radius 3 is 2.70 bits per heavy atom. The van der Waals surface area contributed by atoms with Gasteiger partial charge in [0.05, 0.1) is 5.69 Å². The zero-order chi connectivity index (χ0) is 14.5. The maximum absolute atomic E-state index is 4.55. The van der Waals surface area contributed by atoms with Crippen molar-refractivity contribution in [2.45, 2.75) is 53.1 Å². The van der Waals surface area contributed by atoms with Crippen LogP contribution >= 0.6 is 11.3 Å². The molecule has 0 aliphatic heterocycles. The van der Waals surface area contributed by atoms with Gasteiger partial charge in [0.1, 0.15) is 0 Å². The quantitative estimate of drug-likeness (QED) is 0.839. The molecule has 0 bridgehead atoms. The van der Waals surface area contributed by atoms with Crippen LogP contribution < -0.4 is 5.32 Å². The Morgan fingerprint density at radius 2 is 2.10 bits per heavy atom. The van der Waals surface area contributed by atoms with E-state index in [1.54, 1.807) is 0 Å². The average Bonchev–Trinajstić information content (AvgIpc) is 3.00. The van der Waals surface area contributed by atoms with Crippen molar-refractivity contribution in [1.29, 1.82) is 0 Å². The SMILES string of the molecule is CCCNC(Cc1cc(C)nn1CC)c1ccc(C)s1. The van der Waals surface area contributed by atoms with Gasteiger partial charge in [-0.2, -0.15) is 5.10 Å². The predicted molar refractivity (Wildman–Crippen MR) is 86.4 cm³/mol. The van der Waals surface area contributed by atoms with E-state index in [0.29, 0.717) is 6.04 Å². The maximum atomic E-state index is 4.55. The molecule has 2 aromatic heterocycles. The second-order valence-corrected chi connectivity index (χ2v) is 6.57. The largest absolute Gasteiger partial charge is 0.309 e. The number of rotatable bonds is 7. The van der Waals surface area contributed by atoms with E-state index in [0.717, 1.165) is 31.6 Å². The van der Waals surface area contributed by atoms with Gasteiger partial charge in [0.25, 0.3) is 0 Å². The van der Waals surface area contributed by atoms with Gasteiger partial charge in [0.15, 0.2) is 0 Å². The molecule has 2 rings (SSSR count). The van der Waals surface area contributed by atoms with E-state index in [4.69, 9.17) is 0 Å². The Hall–Kier alpha value is -1.13. The average molecular weight is 291 g/mol. The number of aromatic nitrogens is 2. The molecule has 0 amide bonds. The first kappa shape index (κ1) is 15.3. The van der Waals surface area contributed by atoms with E-state index < -0.39 is 0 Å². The van der Waals surface area contributed by atoms with Crippen LogP contribution in [0.3, 0.4) is 0 Å². The zero-order valence-corrected chi connectivity index (χ0v) is 13.8. The van der Waals surface area contributed by atoms with E-state index in [1.165, 1.54) is 15.4 Å². The number of nitrogens with zero attached hydrogens (tertiary/aromatic N) is 2. The standard InChI is InChI=1S/C16H25N3S/c1-5-9-17-15(16-8-7-13(4)20-16)11-14-10-12(3)18-19(14)6-2/h7-8,10,15,17H,5-6,9,11H2,1-4H3. The molecule has 20 heavy (non-hydrogen) atoms. The molecular weight excluding hydrogens is 266 g/mol. The van der Waals surface area contributed by atoms with Gasteiger partial charge >= 0.3 is 0 Å². The molecule has 110 valence electrons. The minimum Gasteiger partial charge on any atom is -0.309 e. The molecule has 0 aliphatic carbocycles. The van der Waals surface area contributed by atoms with Gasteiger partial charge in [-0.3, -0.25) is 4.68 Å². The van der Waals surface area contributed by atoms with Gasteiger partial charge in [-0.05, 0) is 51.9 Å². The number of thiophene rings is 1. The summed E-state index contributed by atoms with van der Waals surface area (Å²) < 4.78 is 2.12. The van der Waals surface area contributed by atoms with E-state index >= 15 is 0 Å². The molecule has 2 aromatic rings. The van der Waals surface area contributed by atoms with E-state index in [-0.39, 0.29) is 0 Å².